The number of hydrogen-bond donors (Lipinski definition) is 2. The second-order valence-electron chi connectivity index (χ2n) is 7.89. The van der Waals surface area contributed by atoms with E-state index in [1.807, 2.05) is 0 Å². The molecule has 3 aromatic heterocycles. The van der Waals surface area contributed by atoms with Crippen LogP contribution < -0.4 is 5.73 Å². The van der Waals surface area contributed by atoms with E-state index < -0.39 is 23.8 Å². The number of phenolic OH excluding ortho intramolecular Hbond substituents is 1. The van der Waals surface area contributed by atoms with Crippen LogP contribution in [0.4, 0.5) is 17.6 Å². The van der Waals surface area contributed by atoms with Gasteiger partial charge in [-0.05, 0) is 30.2 Å². The van der Waals surface area contributed by atoms with E-state index in [4.69, 9.17) is 5.73 Å². The highest BCUT2D eigenvalue weighted by molar-refractivity contribution is 5.82. The van der Waals surface area contributed by atoms with E-state index in [2.05, 4.69) is 15.2 Å². The Kier molecular flexibility index (Phi) is 4.75. The molecule has 2 atom stereocenters. The molecule has 4 aromatic rings. The zero-order chi connectivity index (χ0) is 22.6. The summed E-state index contributed by atoms with van der Waals surface area (Å²) >= 11 is 0. The summed E-state index contributed by atoms with van der Waals surface area (Å²) in [4.78, 5) is 5.72. The Bertz CT molecular complexity index is 1320. The molecule has 0 saturated carbocycles. The lowest BCUT2D eigenvalue weighted by Crippen LogP contribution is -2.38. The molecule has 0 unspecified atom stereocenters. The first-order valence-corrected chi connectivity index (χ1v) is 9.91. The number of hydrogen-bond acceptors (Lipinski definition) is 6. The first kappa shape index (κ1) is 20.6. The summed E-state index contributed by atoms with van der Waals surface area (Å²) in [6.07, 6.45) is -2.63. The number of nitrogens with two attached hydrogens (primary N) is 1. The molecule has 166 valence electrons. The SMILES string of the molecule is N[C@H]1CCN([C@H](c2ccc3nnc(-c4ccc5cc(F)c(O)cc5n4)n3c2)C(F)(F)F)C1. The van der Waals surface area contributed by atoms with E-state index in [9.17, 15) is 22.7 Å². The number of halogens is 4. The number of alkyl halides is 3. The predicted octanol–water partition coefficient (Wildman–Crippen LogP) is 3.43. The summed E-state index contributed by atoms with van der Waals surface area (Å²) in [5.74, 6) is -1.09. The van der Waals surface area contributed by atoms with Crippen LogP contribution in [-0.2, 0) is 0 Å². The van der Waals surface area contributed by atoms with Crippen LogP contribution in [-0.4, -0.2) is 54.9 Å². The van der Waals surface area contributed by atoms with Crippen molar-refractivity contribution in [2.75, 3.05) is 13.1 Å². The second-order valence-corrected chi connectivity index (χ2v) is 7.89. The normalized spacial score (nSPS) is 18.6. The fourth-order valence-electron chi connectivity index (χ4n) is 4.16. The van der Waals surface area contributed by atoms with Gasteiger partial charge in [0.05, 0.1) is 5.52 Å². The third-order valence-corrected chi connectivity index (χ3v) is 5.66. The van der Waals surface area contributed by atoms with Crippen LogP contribution in [0, 0.1) is 5.82 Å². The average Bonchev–Trinajstić information content (AvgIpc) is 3.34. The number of benzene rings is 1. The molecule has 0 radical (unpaired) electrons. The van der Waals surface area contributed by atoms with Gasteiger partial charge in [0.1, 0.15) is 11.7 Å². The molecule has 1 saturated heterocycles. The van der Waals surface area contributed by atoms with Gasteiger partial charge >= 0.3 is 6.18 Å². The van der Waals surface area contributed by atoms with Crippen LogP contribution in [0.2, 0.25) is 0 Å². The molecule has 1 aliphatic rings. The quantitative estimate of drug-likeness (QED) is 0.469. The third kappa shape index (κ3) is 3.53. The van der Waals surface area contributed by atoms with Gasteiger partial charge in [-0.2, -0.15) is 13.2 Å². The molecule has 1 aliphatic heterocycles. The van der Waals surface area contributed by atoms with Crippen molar-refractivity contribution in [3.05, 3.63) is 54.0 Å². The lowest BCUT2D eigenvalue weighted by molar-refractivity contribution is -0.183. The van der Waals surface area contributed by atoms with Crippen molar-refractivity contribution in [3.8, 4) is 17.3 Å². The molecule has 0 spiro atoms. The Hall–Kier alpha value is -3.31. The van der Waals surface area contributed by atoms with Crippen LogP contribution in [0.1, 0.15) is 18.0 Å². The Morgan fingerprint density at radius 3 is 2.66 bits per heavy atom. The van der Waals surface area contributed by atoms with E-state index in [1.165, 1.54) is 33.7 Å². The molecular weight excluding hydrogens is 428 g/mol. The fourth-order valence-corrected chi connectivity index (χ4v) is 4.16. The number of phenols is 1. The molecular formula is C21H18F4N6O. The summed E-state index contributed by atoms with van der Waals surface area (Å²) in [6, 6.07) is 6.26. The number of likely N-dealkylation sites (tertiary alicyclic amines) is 1. The topological polar surface area (TPSA) is 92.6 Å². The van der Waals surface area contributed by atoms with Crippen molar-refractivity contribution < 1.29 is 22.7 Å². The molecule has 5 rings (SSSR count). The summed E-state index contributed by atoms with van der Waals surface area (Å²) in [7, 11) is 0. The number of nitrogens with zero attached hydrogens (tertiary/aromatic N) is 5. The highest BCUT2D eigenvalue weighted by Crippen LogP contribution is 2.39. The maximum atomic E-state index is 14.0. The number of fused-ring (bicyclic) bond motifs is 2. The molecule has 0 amide bonds. The van der Waals surface area contributed by atoms with Crippen LogP contribution in [0.5, 0.6) is 5.75 Å². The lowest BCUT2D eigenvalue weighted by Gasteiger charge is -2.30. The molecule has 0 aliphatic carbocycles. The minimum absolute atomic E-state index is 0.0423. The maximum absolute atomic E-state index is 14.0. The van der Waals surface area contributed by atoms with Gasteiger partial charge in [-0.25, -0.2) is 9.37 Å². The highest BCUT2D eigenvalue weighted by atomic mass is 19.4. The van der Waals surface area contributed by atoms with Crippen LogP contribution in [0.25, 0.3) is 28.1 Å². The van der Waals surface area contributed by atoms with Gasteiger partial charge in [0.25, 0.3) is 0 Å². The van der Waals surface area contributed by atoms with E-state index >= 15 is 0 Å². The summed E-state index contributed by atoms with van der Waals surface area (Å²) < 4.78 is 57.0. The van der Waals surface area contributed by atoms with E-state index in [0.717, 1.165) is 6.07 Å². The van der Waals surface area contributed by atoms with Crippen molar-refractivity contribution in [3.63, 3.8) is 0 Å². The average molecular weight is 446 g/mol. The third-order valence-electron chi connectivity index (χ3n) is 5.66. The predicted molar refractivity (Wildman–Crippen MR) is 108 cm³/mol. The van der Waals surface area contributed by atoms with Crippen LogP contribution in [0.15, 0.2) is 42.6 Å². The smallest absolute Gasteiger partial charge is 0.408 e. The van der Waals surface area contributed by atoms with Crippen molar-refractivity contribution >= 4 is 16.6 Å². The minimum Gasteiger partial charge on any atom is -0.505 e. The van der Waals surface area contributed by atoms with E-state index in [1.54, 1.807) is 12.1 Å². The molecule has 11 heteroatoms. The monoisotopic (exact) mass is 446 g/mol. The van der Waals surface area contributed by atoms with Crippen molar-refractivity contribution in [2.24, 2.45) is 5.73 Å². The number of aromatic nitrogens is 4. The van der Waals surface area contributed by atoms with Gasteiger partial charge in [0.2, 0.25) is 0 Å². The molecule has 1 aromatic carbocycles. The largest absolute Gasteiger partial charge is 0.505 e. The Morgan fingerprint density at radius 1 is 1.12 bits per heavy atom. The molecule has 7 nitrogen and oxygen atoms in total. The molecule has 1 fully saturated rings. The van der Waals surface area contributed by atoms with Gasteiger partial charge in [0.15, 0.2) is 23.0 Å². The van der Waals surface area contributed by atoms with Crippen molar-refractivity contribution in [1.82, 2.24) is 24.5 Å². The van der Waals surface area contributed by atoms with Crippen molar-refractivity contribution in [1.29, 1.82) is 0 Å². The van der Waals surface area contributed by atoms with Gasteiger partial charge in [0, 0.05) is 36.8 Å². The Morgan fingerprint density at radius 2 is 1.94 bits per heavy atom. The summed E-state index contributed by atoms with van der Waals surface area (Å²) in [5.41, 5.74) is 6.87. The van der Waals surface area contributed by atoms with E-state index in [0.29, 0.717) is 28.7 Å². The molecule has 3 N–H and O–H groups in total. The van der Waals surface area contributed by atoms with Gasteiger partial charge in [-0.15, -0.1) is 10.2 Å². The minimum atomic E-state index is -4.49. The number of rotatable bonds is 3. The summed E-state index contributed by atoms with van der Waals surface area (Å²) in [6.45, 7) is 0.411. The first-order valence-electron chi connectivity index (χ1n) is 9.91. The fraction of sp³-hybridized carbons (Fsp3) is 0.286. The van der Waals surface area contributed by atoms with Crippen molar-refractivity contribution in [2.45, 2.75) is 24.7 Å². The highest BCUT2D eigenvalue weighted by Gasteiger charge is 2.46. The molecule has 4 heterocycles. The zero-order valence-corrected chi connectivity index (χ0v) is 16.6. The first-order chi connectivity index (χ1) is 15.2. The molecule has 0 bridgehead atoms. The number of aromatic hydroxyl groups is 1. The summed E-state index contributed by atoms with van der Waals surface area (Å²) in [5, 5.41) is 18.2. The Labute approximate surface area is 179 Å². The lowest BCUT2D eigenvalue weighted by atomic mass is 10.1. The van der Waals surface area contributed by atoms with Gasteiger partial charge in [-0.1, -0.05) is 12.1 Å². The van der Waals surface area contributed by atoms with Crippen LogP contribution in [0.3, 0.4) is 0 Å². The zero-order valence-electron chi connectivity index (χ0n) is 16.6. The molecule has 32 heavy (non-hydrogen) atoms. The number of pyridine rings is 2. The standard InChI is InChI=1S/C21H18F4N6O/c22-14-7-11-1-3-15(27-16(11)8-17(14)32)20-29-28-18-4-2-12(9-31(18)20)19(21(23,24)25)30-6-5-13(26)10-30/h1-4,7-9,13,19,32H,5-6,10,26H2/t13-,19+/m0/s1. The Balaban J connectivity index is 1.61. The van der Waals surface area contributed by atoms with E-state index in [-0.39, 0.29) is 30.5 Å². The van der Waals surface area contributed by atoms with Gasteiger partial charge in [-0.3, -0.25) is 9.30 Å². The maximum Gasteiger partial charge on any atom is 0.408 e. The second kappa shape index (κ2) is 7.38. The van der Waals surface area contributed by atoms with Crippen LogP contribution >= 0.6 is 0 Å². The van der Waals surface area contributed by atoms with Gasteiger partial charge < -0.3 is 10.8 Å².